The summed E-state index contributed by atoms with van der Waals surface area (Å²) in [6, 6.07) is 13.2. The Labute approximate surface area is 154 Å². The van der Waals surface area contributed by atoms with Crippen molar-refractivity contribution in [1.82, 2.24) is 5.32 Å². The van der Waals surface area contributed by atoms with Crippen LogP contribution in [0.1, 0.15) is 18.6 Å². The van der Waals surface area contributed by atoms with Gasteiger partial charge in [-0.1, -0.05) is 28.1 Å². The number of nitrogens with one attached hydrogen (secondary N) is 1. The summed E-state index contributed by atoms with van der Waals surface area (Å²) in [6.45, 7) is 1.15. The predicted octanol–water partition coefficient (Wildman–Crippen LogP) is 3.91. The molecule has 2 aromatic rings. The molecule has 1 aromatic carbocycles. The standard InChI is InChI=1S/C19H17BrN2O3/c20-15-5-3-13(4-6-15)18-8-7-16(25-18)10-14(11-21)19(23)22-12-17-2-1-9-24-17/h3-8,10,17H,1-2,9,12H2,(H,22,23)/b14-10+/t17-/m1/s1. The van der Waals surface area contributed by atoms with Crippen molar-refractivity contribution in [2.75, 3.05) is 13.2 Å². The van der Waals surface area contributed by atoms with E-state index in [1.807, 2.05) is 36.4 Å². The third kappa shape index (κ3) is 4.59. The monoisotopic (exact) mass is 400 g/mol. The fourth-order valence-electron chi connectivity index (χ4n) is 2.60. The highest BCUT2D eigenvalue weighted by atomic mass is 79.9. The summed E-state index contributed by atoms with van der Waals surface area (Å²) in [5.74, 6) is 0.720. The summed E-state index contributed by atoms with van der Waals surface area (Å²) >= 11 is 3.39. The van der Waals surface area contributed by atoms with Crippen LogP contribution in [0.25, 0.3) is 17.4 Å². The number of hydrogen-bond donors (Lipinski definition) is 1. The normalized spacial score (nSPS) is 17.3. The van der Waals surface area contributed by atoms with Gasteiger partial charge in [0.1, 0.15) is 23.2 Å². The highest BCUT2D eigenvalue weighted by Crippen LogP contribution is 2.25. The lowest BCUT2D eigenvalue weighted by molar-refractivity contribution is -0.117. The second kappa shape index (κ2) is 8.15. The number of carbonyl (C=O) groups excluding carboxylic acids is 1. The first kappa shape index (κ1) is 17.5. The molecule has 0 unspecified atom stereocenters. The van der Waals surface area contributed by atoms with Gasteiger partial charge >= 0.3 is 0 Å². The number of carbonyl (C=O) groups is 1. The van der Waals surface area contributed by atoms with E-state index in [0.29, 0.717) is 18.1 Å². The van der Waals surface area contributed by atoms with Gasteiger partial charge in [-0.2, -0.15) is 5.26 Å². The lowest BCUT2D eigenvalue weighted by Gasteiger charge is -2.09. The molecule has 1 aromatic heterocycles. The van der Waals surface area contributed by atoms with Crippen LogP contribution in [0.15, 0.2) is 50.9 Å². The van der Waals surface area contributed by atoms with Crippen molar-refractivity contribution in [3.63, 3.8) is 0 Å². The Balaban J connectivity index is 1.68. The van der Waals surface area contributed by atoms with Gasteiger partial charge < -0.3 is 14.5 Å². The largest absolute Gasteiger partial charge is 0.457 e. The van der Waals surface area contributed by atoms with E-state index in [-0.39, 0.29) is 11.7 Å². The van der Waals surface area contributed by atoms with E-state index in [1.54, 1.807) is 6.07 Å². The van der Waals surface area contributed by atoms with Crippen LogP contribution in [0.3, 0.4) is 0 Å². The quantitative estimate of drug-likeness (QED) is 0.609. The maximum Gasteiger partial charge on any atom is 0.262 e. The first-order valence-corrected chi connectivity index (χ1v) is 8.82. The Morgan fingerprint density at radius 2 is 2.12 bits per heavy atom. The zero-order chi connectivity index (χ0) is 17.6. The van der Waals surface area contributed by atoms with Crippen LogP contribution in [0.2, 0.25) is 0 Å². The zero-order valence-corrected chi connectivity index (χ0v) is 15.1. The Morgan fingerprint density at radius 1 is 1.32 bits per heavy atom. The second-order valence-corrected chi connectivity index (χ2v) is 6.64. The summed E-state index contributed by atoms with van der Waals surface area (Å²) in [6.07, 6.45) is 3.43. The second-order valence-electron chi connectivity index (χ2n) is 5.72. The van der Waals surface area contributed by atoms with Gasteiger partial charge in [0, 0.05) is 29.3 Å². The third-order valence-electron chi connectivity index (χ3n) is 3.92. The van der Waals surface area contributed by atoms with E-state index >= 15 is 0 Å². The molecule has 1 amide bonds. The number of halogens is 1. The van der Waals surface area contributed by atoms with Gasteiger partial charge in [0.05, 0.1) is 6.10 Å². The molecular weight excluding hydrogens is 384 g/mol. The van der Waals surface area contributed by atoms with Crippen LogP contribution < -0.4 is 5.32 Å². The average Bonchev–Trinajstić information content (AvgIpc) is 3.30. The molecule has 1 aliphatic rings. The third-order valence-corrected chi connectivity index (χ3v) is 4.45. The molecule has 0 radical (unpaired) electrons. The van der Waals surface area contributed by atoms with Crippen molar-refractivity contribution in [3.05, 3.63) is 52.2 Å². The van der Waals surface area contributed by atoms with Crippen molar-refractivity contribution in [2.45, 2.75) is 18.9 Å². The number of nitriles is 1. The Hall–Kier alpha value is -2.36. The summed E-state index contributed by atoms with van der Waals surface area (Å²) < 4.78 is 12.2. The summed E-state index contributed by atoms with van der Waals surface area (Å²) in [7, 11) is 0. The summed E-state index contributed by atoms with van der Waals surface area (Å²) in [4.78, 5) is 12.1. The maximum atomic E-state index is 12.1. The highest BCUT2D eigenvalue weighted by Gasteiger charge is 2.18. The first-order chi connectivity index (χ1) is 12.2. The van der Waals surface area contributed by atoms with Gasteiger partial charge in [-0.3, -0.25) is 4.79 Å². The van der Waals surface area contributed by atoms with Crippen LogP contribution in [0.5, 0.6) is 0 Å². The molecule has 1 N–H and O–H groups in total. The van der Waals surface area contributed by atoms with Crippen molar-refractivity contribution in [2.24, 2.45) is 0 Å². The molecule has 1 saturated heterocycles. The maximum absolute atomic E-state index is 12.1. The molecule has 0 saturated carbocycles. The zero-order valence-electron chi connectivity index (χ0n) is 13.5. The SMILES string of the molecule is N#C/C(=C\c1ccc(-c2ccc(Br)cc2)o1)C(=O)NC[C@H]1CCCO1. The highest BCUT2D eigenvalue weighted by molar-refractivity contribution is 9.10. The molecule has 0 spiro atoms. The van der Waals surface area contributed by atoms with Crippen molar-refractivity contribution < 1.29 is 13.9 Å². The van der Waals surface area contributed by atoms with Gasteiger partial charge in [0.15, 0.2) is 0 Å². The number of amides is 1. The Bertz CT molecular complexity index is 812. The van der Waals surface area contributed by atoms with E-state index in [4.69, 9.17) is 9.15 Å². The van der Waals surface area contributed by atoms with Gasteiger partial charge in [0.25, 0.3) is 5.91 Å². The molecule has 2 heterocycles. The van der Waals surface area contributed by atoms with E-state index in [9.17, 15) is 10.1 Å². The fourth-order valence-corrected chi connectivity index (χ4v) is 2.86. The van der Waals surface area contributed by atoms with Crippen molar-refractivity contribution >= 4 is 27.9 Å². The smallest absolute Gasteiger partial charge is 0.262 e. The Morgan fingerprint density at radius 3 is 2.80 bits per heavy atom. The van der Waals surface area contributed by atoms with Crippen molar-refractivity contribution in [1.29, 1.82) is 5.26 Å². The van der Waals surface area contributed by atoms with Crippen LogP contribution in [-0.2, 0) is 9.53 Å². The molecule has 5 nitrogen and oxygen atoms in total. The molecule has 3 rings (SSSR count). The van der Waals surface area contributed by atoms with E-state index < -0.39 is 5.91 Å². The lowest BCUT2D eigenvalue weighted by Crippen LogP contribution is -2.32. The summed E-state index contributed by atoms with van der Waals surface area (Å²) in [5.41, 5.74) is 0.930. The number of ether oxygens (including phenoxy) is 1. The predicted molar refractivity (Wildman–Crippen MR) is 97.4 cm³/mol. The number of benzene rings is 1. The molecule has 128 valence electrons. The van der Waals surface area contributed by atoms with Crippen LogP contribution in [0.4, 0.5) is 0 Å². The molecule has 0 bridgehead atoms. The minimum absolute atomic E-state index is 0.00898. The average molecular weight is 401 g/mol. The molecule has 1 atom stereocenters. The number of nitrogens with zero attached hydrogens (tertiary/aromatic N) is 1. The molecule has 0 aliphatic carbocycles. The van der Waals surface area contributed by atoms with E-state index in [2.05, 4.69) is 21.2 Å². The molecule has 6 heteroatoms. The van der Waals surface area contributed by atoms with Gasteiger partial charge in [-0.25, -0.2) is 0 Å². The number of furan rings is 1. The molecule has 1 aliphatic heterocycles. The number of hydrogen-bond acceptors (Lipinski definition) is 4. The van der Waals surface area contributed by atoms with Crippen LogP contribution in [-0.4, -0.2) is 25.2 Å². The first-order valence-electron chi connectivity index (χ1n) is 8.03. The summed E-state index contributed by atoms with van der Waals surface area (Å²) in [5, 5.41) is 12.0. The number of rotatable bonds is 5. The Kier molecular flexibility index (Phi) is 5.69. The van der Waals surface area contributed by atoms with E-state index in [1.165, 1.54) is 6.08 Å². The molecular formula is C19H17BrN2O3. The topological polar surface area (TPSA) is 75.3 Å². The minimum atomic E-state index is -0.417. The van der Waals surface area contributed by atoms with Crippen LogP contribution >= 0.6 is 15.9 Å². The van der Waals surface area contributed by atoms with Crippen LogP contribution in [0, 0.1) is 11.3 Å². The molecule has 1 fully saturated rings. The van der Waals surface area contributed by atoms with Gasteiger partial charge in [0.2, 0.25) is 0 Å². The fraction of sp³-hybridized carbons (Fsp3) is 0.263. The lowest BCUT2D eigenvalue weighted by atomic mass is 10.2. The van der Waals surface area contributed by atoms with Gasteiger partial charge in [-0.05, 0) is 37.1 Å². The minimum Gasteiger partial charge on any atom is -0.457 e. The van der Waals surface area contributed by atoms with Gasteiger partial charge in [-0.15, -0.1) is 0 Å². The molecule has 25 heavy (non-hydrogen) atoms. The van der Waals surface area contributed by atoms with E-state index in [0.717, 1.165) is 29.5 Å². The van der Waals surface area contributed by atoms with Crippen molar-refractivity contribution in [3.8, 4) is 17.4 Å².